The number of allylic oxidation sites excluding steroid dienone is 2. The molecule has 0 amide bonds. The molecule has 2 nitrogen and oxygen atoms in total. The first kappa shape index (κ1) is 6.24. The quantitative estimate of drug-likeness (QED) is 0.479. The van der Waals surface area contributed by atoms with E-state index in [1.165, 1.54) is 6.20 Å². The Labute approximate surface area is 43.0 Å². The summed E-state index contributed by atoms with van der Waals surface area (Å²) in [6.07, 6.45) is 6.34. The molecule has 40 valence electrons. The van der Waals surface area contributed by atoms with Crippen molar-refractivity contribution < 1.29 is 5.11 Å². The molecule has 0 fully saturated rings. The minimum Gasteiger partial charge on any atom is -0.405 e. The van der Waals surface area contributed by atoms with Crippen molar-refractivity contribution in [1.29, 1.82) is 0 Å². The molecule has 0 aromatic carbocycles. The van der Waals surface area contributed by atoms with E-state index >= 15 is 0 Å². The lowest BCUT2D eigenvalue weighted by molar-refractivity contribution is 0.343. The first-order chi connectivity index (χ1) is 3.41. The third kappa shape index (κ3) is 5.24. The number of hydrogen-bond donors (Lipinski definition) is 2. The monoisotopic (exact) mass is 99.1 g/mol. The van der Waals surface area contributed by atoms with Crippen LogP contribution in [0.2, 0.25) is 0 Å². The van der Waals surface area contributed by atoms with Gasteiger partial charge in [0, 0.05) is 0 Å². The predicted octanol–water partition coefficient (Wildman–Crippen LogP) is 0.00730. The summed E-state index contributed by atoms with van der Waals surface area (Å²) in [4.78, 5) is 0. The zero-order chi connectivity index (χ0) is 5.54. The maximum absolute atomic E-state index is 8.13. The highest BCUT2D eigenvalue weighted by molar-refractivity contribution is 5.00. The van der Waals surface area contributed by atoms with Gasteiger partial charge >= 0.3 is 0 Å². The van der Waals surface area contributed by atoms with E-state index < -0.39 is 0 Å². The van der Waals surface area contributed by atoms with Crippen LogP contribution in [0.15, 0.2) is 24.4 Å². The molecule has 0 radical (unpaired) electrons. The topological polar surface area (TPSA) is 46.2 Å². The first-order valence-electron chi connectivity index (χ1n) is 2.06. The molecule has 0 aromatic rings. The molecule has 0 spiro atoms. The highest BCUT2D eigenvalue weighted by Gasteiger charge is 1.58. The van der Waals surface area contributed by atoms with E-state index in [4.69, 9.17) is 10.8 Å². The van der Waals surface area contributed by atoms with Gasteiger partial charge in [0.05, 0.1) is 6.61 Å². The Hall–Kier alpha value is -0.760. The Morgan fingerprint density at radius 2 is 2.14 bits per heavy atom. The Balaban J connectivity index is 3.09. The summed E-state index contributed by atoms with van der Waals surface area (Å²) in [5.74, 6) is 0. The lowest BCUT2D eigenvalue weighted by Gasteiger charge is -1.71. The lowest BCUT2D eigenvalue weighted by atomic mass is 10.5. The van der Waals surface area contributed by atoms with Crippen molar-refractivity contribution in [3.8, 4) is 0 Å². The molecule has 0 atom stereocenters. The van der Waals surface area contributed by atoms with E-state index in [0.717, 1.165) is 0 Å². The van der Waals surface area contributed by atoms with Crippen LogP contribution in [-0.4, -0.2) is 11.7 Å². The van der Waals surface area contributed by atoms with Gasteiger partial charge in [0.25, 0.3) is 0 Å². The maximum atomic E-state index is 8.13. The lowest BCUT2D eigenvalue weighted by Crippen LogP contribution is -1.73. The van der Waals surface area contributed by atoms with Gasteiger partial charge in [-0.3, -0.25) is 0 Å². The highest BCUT2D eigenvalue weighted by Crippen LogP contribution is 1.69. The molecule has 0 aliphatic carbocycles. The van der Waals surface area contributed by atoms with E-state index in [-0.39, 0.29) is 6.61 Å². The van der Waals surface area contributed by atoms with Crippen molar-refractivity contribution in [2.24, 2.45) is 5.73 Å². The minimum atomic E-state index is 0.0737. The van der Waals surface area contributed by atoms with Crippen molar-refractivity contribution in [3.63, 3.8) is 0 Å². The van der Waals surface area contributed by atoms with Gasteiger partial charge in [-0.2, -0.15) is 0 Å². The van der Waals surface area contributed by atoms with Crippen LogP contribution in [0, 0.1) is 0 Å². The number of aliphatic hydroxyl groups excluding tert-OH is 1. The van der Waals surface area contributed by atoms with Crippen LogP contribution in [0.3, 0.4) is 0 Å². The molecular weight excluding hydrogens is 90.1 g/mol. The Bertz CT molecular complexity index is 76.1. The smallest absolute Gasteiger partial charge is 0.0615 e. The molecule has 3 N–H and O–H groups in total. The molecule has 0 saturated carbocycles. The molecule has 0 bridgehead atoms. The SMILES string of the molecule is NC=CC=CCO. The standard InChI is InChI=1S/C5H9NO/c6-4-2-1-3-5-7/h1-4,7H,5-6H2. The van der Waals surface area contributed by atoms with E-state index in [1.807, 2.05) is 0 Å². The van der Waals surface area contributed by atoms with Gasteiger partial charge in [0.2, 0.25) is 0 Å². The van der Waals surface area contributed by atoms with Gasteiger partial charge in [-0.15, -0.1) is 0 Å². The summed E-state index contributed by atoms with van der Waals surface area (Å²) < 4.78 is 0. The molecule has 0 rings (SSSR count). The van der Waals surface area contributed by atoms with E-state index in [0.29, 0.717) is 0 Å². The third-order valence-electron chi connectivity index (χ3n) is 0.464. The van der Waals surface area contributed by atoms with Crippen molar-refractivity contribution in [3.05, 3.63) is 24.4 Å². The fourth-order valence-electron chi connectivity index (χ4n) is 0.204. The van der Waals surface area contributed by atoms with Crippen LogP contribution in [0.1, 0.15) is 0 Å². The van der Waals surface area contributed by atoms with Crippen LogP contribution in [0.5, 0.6) is 0 Å². The van der Waals surface area contributed by atoms with Crippen molar-refractivity contribution in [2.75, 3.05) is 6.61 Å². The molecule has 0 aliphatic heterocycles. The second-order valence-electron chi connectivity index (χ2n) is 0.996. The second kappa shape index (κ2) is 5.24. The Morgan fingerprint density at radius 3 is 2.57 bits per heavy atom. The molecule has 0 heterocycles. The fourth-order valence-corrected chi connectivity index (χ4v) is 0.204. The zero-order valence-corrected chi connectivity index (χ0v) is 4.04. The van der Waals surface area contributed by atoms with Crippen molar-refractivity contribution in [2.45, 2.75) is 0 Å². The summed E-state index contributed by atoms with van der Waals surface area (Å²) in [6, 6.07) is 0. The average molecular weight is 99.1 g/mol. The molecule has 0 unspecified atom stereocenters. The van der Waals surface area contributed by atoms with Gasteiger partial charge in [-0.05, 0) is 12.3 Å². The minimum absolute atomic E-state index is 0.0737. The highest BCUT2D eigenvalue weighted by atomic mass is 16.2. The molecule has 2 heteroatoms. The van der Waals surface area contributed by atoms with Gasteiger partial charge in [0.1, 0.15) is 0 Å². The zero-order valence-electron chi connectivity index (χ0n) is 4.04. The maximum Gasteiger partial charge on any atom is 0.0615 e. The van der Waals surface area contributed by atoms with Gasteiger partial charge in [-0.25, -0.2) is 0 Å². The van der Waals surface area contributed by atoms with Crippen molar-refractivity contribution in [1.82, 2.24) is 0 Å². The van der Waals surface area contributed by atoms with Crippen LogP contribution in [0.25, 0.3) is 0 Å². The summed E-state index contributed by atoms with van der Waals surface area (Å²) in [6.45, 7) is 0.0737. The van der Waals surface area contributed by atoms with E-state index in [2.05, 4.69) is 0 Å². The third-order valence-corrected chi connectivity index (χ3v) is 0.464. The van der Waals surface area contributed by atoms with Gasteiger partial charge in [0.15, 0.2) is 0 Å². The Kier molecular flexibility index (Phi) is 4.67. The van der Waals surface area contributed by atoms with Crippen LogP contribution >= 0.6 is 0 Å². The summed E-state index contributed by atoms with van der Waals surface area (Å²) in [7, 11) is 0. The van der Waals surface area contributed by atoms with Gasteiger partial charge in [-0.1, -0.05) is 12.2 Å². The fraction of sp³-hybridized carbons (Fsp3) is 0.200. The van der Waals surface area contributed by atoms with Crippen molar-refractivity contribution >= 4 is 0 Å². The molecule has 0 saturated heterocycles. The number of rotatable bonds is 2. The second-order valence-corrected chi connectivity index (χ2v) is 0.996. The largest absolute Gasteiger partial charge is 0.405 e. The summed E-state index contributed by atoms with van der Waals surface area (Å²) >= 11 is 0. The van der Waals surface area contributed by atoms with E-state index in [1.54, 1.807) is 18.2 Å². The Morgan fingerprint density at radius 1 is 1.43 bits per heavy atom. The number of aliphatic hydroxyl groups is 1. The normalized spacial score (nSPS) is 11.6. The molecule has 0 aromatic heterocycles. The van der Waals surface area contributed by atoms with Crippen LogP contribution in [-0.2, 0) is 0 Å². The molecular formula is C5H9NO. The number of hydrogen-bond acceptors (Lipinski definition) is 2. The average Bonchev–Trinajstić information content (AvgIpc) is 1.69. The van der Waals surface area contributed by atoms with Crippen LogP contribution < -0.4 is 5.73 Å². The molecule has 7 heavy (non-hydrogen) atoms. The van der Waals surface area contributed by atoms with Crippen LogP contribution in [0.4, 0.5) is 0 Å². The number of nitrogens with two attached hydrogens (primary N) is 1. The first-order valence-corrected chi connectivity index (χ1v) is 2.06. The predicted molar refractivity (Wildman–Crippen MR) is 29.6 cm³/mol. The van der Waals surface area contributed by atoms with Gasteiger partial charge < -0.3 is 10.8 Å². The summed E-state index contributed by atoms with van der Waals surface area (Å²) in [5, 5.41) is 8.13. The summed E-state index contributed by atoms with van der Waals surface area (Å²) in [5.41, 5.74) is 4.96. The van der Waals surface area contributed by atoms with E-state index in [9.17, 15) is 0 Å². The molecule has 0 aliphatic rings.